The van der Waals surface area contributed by atoms with E-state index in [1.54, 1.807) is 12.7 Å². The van der Waals surface area contributed by atoms with E-state index in [0.29, 0.717) is 5.92 Å². The molecule has 1 fully saturated rings. The molecule has 0 unspecified atom stereocenters. The van der Waals surface area contributed by atoms with Crippen LogP contribution in [0.4, 0.5) is 0 Å². The van der Waals surface area contributed by atoms with Crippen LogP contribution < -0.4 is 0 Å². The average Bonchev–Trinajstić information content (AvgIpc) is 3.28. The first kappa shape index (κ1) is 16.0. The molecule has 6 heteroatoms. The molecule has 0 aliphatic carbocycles. The summed E-state index contributed by atoms with van der Waals surface area (Å²) in [7, 11) is 0. The lowest BCUT2D eigenvalue weighted by molar-refractivity contribution is 0.140. The monoisotopic (exact) mass is 337 g/mol. The number of rotatable bonds is 5. The lowest BCUT2D eigenvalue weighted by Gasteiger charge is -2.31. The van der Waals surface area contributed by atoms with E-state index in [1.807, 2.05) is 4.68 Å². The number of piperidine rings is 1. The molecule has 130 valence electrons. The van der Waals surface area contributed by atoms with Crippen LogP contribution in [0.1, 0.15) is 24.2 Å². The Kier molecular flexibility index (Phi) is 4.61. The van der Waals surface area contributed by atoms with Gasteiger partial charge < -0.3 is 4.52 Å². The first-order valence-electron chi connectivity index (χ1n) is 8.84. The van der Waals surface area contributed by atoms with E-state index < -0.39 is 0 Å². The number of nitrogens with zero attached hydrogens (tertiary/aromatic N) is 5. The highest BCUT2D eigenvalue weighted by Crippen LogP contribution is 2.23. The molecule has 1 saturated heterocycles. The number of aryl methyl sites for hydroxylation is 1. The van der Waals surface area contributed by atoms with Gasteiger partial charge in [0.1, 0.15) is 18.3 Å². The zero-order valence-electron chi connectivity index (χ0n) is 14.5. The van der Waals surface area contributed by atoms with E-state index in [9.17, 15) is 0 Å². The highest BCUT2D eigenvalue weighted by molar-refractivity contribution is 5.59. The van der Waals surface area contributed by atoms with Crippen LogP contribution in [0.25, 0.3) is 11.3 Å². The third kappa shape index (κ3) is 3.96. The molecule has 3 heterocycles. The zero-order valence-corrected chi connectivity index (χ0v) is 14.5. The van der Waals surface area contributed by atoms with Crippen molar-refractivity contribution in [3.05, 3.63) is 54.3 Å². The van der Waals surface area contributed by atoms with E-state index in [-0.39, 0.29) is 0 Å². The molecule has 0 spiro atoms. The Morgan fingerprint density at radius 2 is 2.12 bits per heavy atom. The van der Waals surface area contributed by atoms with Gasteiger partial charge in [-0.05, 0) is 32.2 Å². The van der Waals surface area contributed by atoms with Crippen LogP contribution >= 0.6 is 0 Å². The Bertz CT molecular complexity index is 794. The first-order valence-corrected chi connectivity index (χ1v) is 8.84. The minimum Gasteiger partial charge on any atom is -0.359 e. The maximum absolute atomic E-state index is 5.57. The third-order valence-electron chi connectivity index (χ3n) is 4.80. The van der Waals surface area contributed by atoms with Gasteiger partial charge in [0.15, 0.2) is 5.76 Å². The third-order valence-corrected chi connectivity index (χ3v) is 4.80. The van der Waals surface area contributed by atoms with Crippen molar-refractivity contribution in [1.29, 1.82) is 0 Å². The van der Waals surface area contributed by atoms with Crippen LogP contribution in [0.3, 0.4) is 0 Å². The number of aromatic nitrogens is 4. The van der Waals surface area contributed by atoms with E-state index in [1.165, 1.54) is 18.4 Å². The Balaban J connectivity index is 1.37. The Hall–Kier alpha value is -2.47. The van der Waals surface area contributed by atoms with Gasteiger partial charge in [-0.15, -0.1) is 0 Å². The SMILES string of the molecule is Cc1ccc(-c2cc(CN3CCC[C@H](Cn4cncn4)C3)on2)cc1. The minimum absolute atomic E-state index is 0.606. The van der Waals surface area contributed by atoms with Crippen molar-refractivity contribution in [1.82, 2.24) is 24.8 Å². The summed E-state index contributed by atoms with van der Waals surface area (Å²) in [4.78, 5) is 6.48. The molecular weight excluding hydrogens is 314 g/mol. The van der Waals surface area contributed by atoms with Gasteiger partial charge in [-0.2, -0.15) is 5.10 Å². The molecule has 0 bridgehead atoms. The van der Waals surface area contributed by atoms with Gasteiger partial charge in [0.25, 0.3) is 0 Å². The molecule has 1 atom stereocenters. The topological polar surface area (TPSA) is 60.0 Å². The van der Waals surface area contributed by atoms with Crippen LogP contribution in [-0.2, 0) is 13.1 Å². The van der Waals surface area contributed by atoms with Crippen molar-refractivity contribution < 1.29 is 4.52 Å². The maximum atomic E-state index is 5.57. The van der Waals surface area contributed by atoms with E-state index in [2.05, 4.69) is 57.4 Å². The van der Waals surface area contributed by atoms with Gasteiger partial charge in [0.05, 0.1) is 6.54 Å². The molecule has 0 amide bonds. The molecule has 3 aromatic rings. The predicted octanol–water partition coefficient (Wildman–Crippen LogP) is 3.15. The number of hydrogen-bond acceptors (Lipinski definition) is 5. The summed E-state index contributed by atoms with van der Waals surface area (Å²) < 4.78 is 7.50. The van der Waals surface area contributed by atoms with Crippen molar-refractivity contribution >= 4 is 0 Å². The van der Waals surface area contributed by atoms with Crippen molar-refractivity contribution in [3.63, 3.8) is 0 Å². The molecular formula is C19H23N5O. The smallest absolute Gasteiger partial charge is 0.151 e. The van der Waals surface area contributed by atoms with Crippen molar-refractivity contribution in [2.75, 3.05) is 13.1 Å². The zero-order chi connectivity index (χ0) is 17.1. The second-order valence-electron chi connectivity index (χ2n) is 6.91. The van der Waals surface area contributed by atoms with Crippen LogP contribution in [0.5, 0.6) is 0 Å². The van der Waals surface area contributed by atoms with Crippen LogP contribution in [-0.4, -0.2) is 37.9 Å². The molecule has 0 radical (unpaired) electrons. The average molecular weight is 337 g/mol. The number of likely N-dealkylation sites (tertiary alicyclic amines) is 1. The van der Waals surface area contributed by atoms with Crippen molar-refractivity contribution in [3.8, 4) is 11.3 Å². The summed E-state index contributed by atoms with van der Waals surface area (Å²) in [6.07, 6.45) is 5.84. The largest absolute Gasteiger partial charge is 0.359 e. The van der Waals surface area contributed by atoms with Gasteiger partial charge in [0, 0.05) is 24.7 Å². The highest BCUT2D eigenvalue weighted by atomic mass is 16.5. The Morgan fingerprint density at radius 3 is 2.92 bits per heavy atom. The van der Waals surface area contributed by atoms with E-state index in [0.717, 1.165) is 43.2 Å². The normalized spacial score (nSPS) is 18.5. The fourth-order valence-electron chi connectivity index (χ4n) is 3.50. The quantitative estimate of drug-likeness (QED) is 0.716. The molecule has 6 nitrogen and oxygen atoms in total. The lowest BCUT2D eigenvalue weighted by atomic mass is 9.98. The van der Waals surface area contributed by atoms with Crippen molar-refractivity contribution in [2.24, 2.45) is 5.92 Å². The number of benzene rings is 1. The standard InChI is InChI=1S/C19H23N5O/c1-15-4-6-17(7-5-15)19-9-18(25-22-19)12-23-8-2-3-16(10-23)11-24-14-20-13-21-24/h4-7,9,13-14,16H,2-3,8,10-12H2,1H3/t16-/m0/s1. The van der Waals surface area contributed by atoms with E-state index >= 15 is 0 Å². The number of hydrogen-bond donors (Lipinski definition) is 0. The summed E-state index contributed by atoms with van der Waals surface area (Å²) >= 11 is 0. The van der Waals surface area contributed by atoms with E-state index in [4.69, 9.17) is 4.52 Å². The second kappa shape index (κ2) is 7.19. The Morgan fingerprint density at radius 1 is 1.24 bits per heavy atom. The highest BCUT2D eigenvalue weighted by Gasteiger charge is 2.22. The molecule has 1 aliphatic heterocycles. The molecule has 2 aromatic heterocycles. The van der Waals surface area contributed by atoms with Gasteiger partial charge in [-0.1, -0.05) is 35.0 Å². The molecule has 0 N–H and O–H groups in total. The van der Waals surface area contributed by atoms with Gasteiger partial charge in [0.2, 0.25) is 0 Å². The predicted molar refractivity (Wildman–Crippen MR) is 94.7 cm³/mol. The summed E-state index contributed by atoms with van der Waals surface area (Å²) in [6.45, 7) is 5.99. The summed E-state index contributed by atoms with van der Waals surface area (Å²) in [6, 6.07) is 10.4. The molecule has 0 saturated carbocycles. The summed E-state index contributed by atoms with van der Waals surface area (Å²) in [5.74, 6) is 1.53. The van der Waals surface area contributed by atoms with Gasteiger partial charge in [-0.3, -0.25) is 9.58 Å². The van der Waals surface area contributed by atoms with Crippen LogP contribution in [0.2, 0.25) is 0 Å². The fourth-order valence-corrected chi connectivity index (χ4v) is 3.50. The maximum Gasteiger partial charge on any atom is 0.151 e. The molecule has 4 rings (SSSR count). The first-order chi connectivity index (χ1) is 12.3. The molecule has 1 aliphatic rings. The van der Waals surface area contributed by atoms with Crippen LogP contribution in [0.15, 0.2) is 47.5 Å². The summed E-state index contributed by atoms with van der Waals surface area (Å²) in [5.41, 5.74) is 3.26. The van der Waals surface area contributed by atoms with Gasteiger partial charge >= 0.3 is 0 Å². The summed E-state index contributed by atoms with van der Waals surface area (Å²) in [5, 5.41) is 8.46. The Labute approximate surface area is 147 Å². The molecule has 1 aromatic carbocycles. The lowest BCUT2D eigenvalue weighted by Crippen LogP contribution is -2.36. The van der Waals surface area contributed by atoms with Gasteiger partial charge in [-0.25, -0.2) is 4.98 Å². The van der Waals surface area contributed by atoms with Crippen LogP contribution in [0, 0.1) is 12.8 Å². The second-order valence-corrected chi connectivity index (χ2v) is 6.91. The molecule has 25 heavy (non-hydrogen) atoms. The fraction of sp³-hybridized carbons (Fsp3) is 0.421. The minimum atomic E-state index is 0.606. The van der Waals surface area contributed by atoms with Crippen molar-refractivity contribution in [2.45, 2.75) is 32.9 Å².